The first-order valence-electron chi connectivity index (χ1n) is 13.3. The lowest BCUT2D eigenvalue weighted by atomic mass is 9.91. The number of rotatable bonds is 13. The van der Waals surface area contributed by atoms with Gasteiger partial charge in [0.05, 0.1) is 36.8 Å². The third-order valence-electron chi connectivity index (χ3n) is 7.83. The molecule has 0 bridgehead atoms. The van der Waals surface area contributed by atoms with E-state index in [0.717, 1.165) is 83.5 Å². The van der Waals surface area contributed by atoms with E-state index < -0.39 is 0 Å². The molecule has 1 unspecified atom stereocenters. The molecule has 9 heteroatoms. The number of hydrogen-bond donors (Lipinski definition) is 4. The standard InChI is InChI=1S/C28H37FN4O3S/c29-22-6-4-5-20(19-22)12-16-33(17-13-25(30)35,23-7-2-1-3-8-23)18-15-31-14-11-21-9-10-24(34)26-27(21)37-28(36)32-26/h4-6,9-10,19,23,31H,1-3,7-8,11-18H2,(H3-,30,32,34,35,36)/p+1. The number of fused-ring (bicyclic) bond motifs is 1. The number of halogens is 1. The molecule has 1 atom stereocenters. The Morgan fingerprint density at radius 2 is 1.92 bits per heavy atom. The molecule has 5 N–H and O–H groups in total. The molecule has 1 saturated carbocycles. The predicted octanol–water partition coefficient (Wildman–Crippen LogP) is 3.83. The van der Waals surface area contributed by atoms with Crippen LogP contribution in [0.15, 0.2) is 41.2 Å². The molecule has 0 saturated heterocycles. The monoisotopic (exact) mass is 529 g/mol. The zero-order chi connectivity index (χ0) is 26.3. The van der Waals surface area contributed by atoms with Crippen LogP contribution in [-0.2, 0) is 17.6 Å². The van der Waals surface area contributed by atoms with Crippen LogP contribution >= 0.6 is 11.3 Å². The van der Waals surface area contributed by atoms with Crippen molar-refractivity contribution in [1.82, 2.24) is 10.3 Å². The number of nitrogens with two attached hydrogens (primary N) is 1. The van der Waals surface area contributed by atoms with E-state index in [1.165, 1.54) is 25.3 Å². The lowest BCUT2D eigenvalue weighted by molar-refractivity contribution is -0.950. The average Bonchev–Trinajstić information content (AvgIpc) is 3.29. The van der Waals surface area contributed by atoms with E-state index in [1.807, 2.05) is 12.1 Å². The Balaban J connectivity index is 1.43. The molecule has 3 aromatic rings. The van der Waals surface area contributed by atoms with Gasteiger partial charge >= 0.3 is 4.87 Å². The summed E-state index contributed by atoms with van der Waals surface area (Å²) in [6.07, 6.45) is 7.76. The lowest BCUT2D eigenvalue weighted by Gasteiger charge is -2.47. The molecule has 0 aliphatic heterocycles. The molecule has 2 aromatic carbocycles. The highest BCUT2D eigenvalue weighted by Gasteiger charge is 2.37. The van der Waals surface area contributed by atoms with Gasteiger partial charge in [-0.2, -0.15) is 0 Å². The van der Waals surface area contributed by atoms with Crippen LogP contribution in [0, 0.1) is 5.82 Å². The van der Waals surface area contributed by atoms with Gasteiger partial charge in [0.15, 0.2) is 0 Å². The number of aromatic hydroxyl groups is 1. The number of phenolic OH excluding ortho intramolecular Hbond substituents is 1. The summed E-state index contributed by atoms with van der Waals surface area (Å²) in [6.45, 7) is 3.93. The van der Waals surface area contributed by atoms with Crippen LogP contribution < -0.4 is 15.9 Å². The second kappa shape index (κ2) is 12.7. The van der Waals surface area contributed by atoms with Gasteiger partial charge in [-0.3, -0.25) is 9.59 Å². The Bertz CT molecular complexity index is 1250. The summed E-state index contributed by atoms with van der Waals surface area (Å²) < 4.78 is 15.5. The zero-order valence-electron chi connectivity index (χ0n) is 21.3. The topological polar surface area (TPSA) is 108 Å². The number of phenols is 1. The number of carbonyl (C=O) groups excluding carboxylic acids is 1. The van der Waals surface area contributed by atoms with Crippen molar-refractivity contribution in [1.29, 1.82) is 0 Å². The van der Waals surface area contributed by atoms with Gasteiger partial charge in [0.2, 0.25) is 5.91 Å². The van der Waals surface area contributed by atoms with Gasteiger partial charge in [-0.05, 0) is 68.0 Å². The Morgan fingerprint density at radius 1 is 1.11 bits per heavy atom. The van der Waals surface area contributed by atoms with Crippen molar-refractivity contribution >= 4 is 27.5 Å². The van der Waals surface area contributed by atoms with Crippen molar-refractivity contribution in [3.63, 3.8) is 0 Å². The van der Waals surface area contributed by atoms with Gasteiger partial charge in [0.1, 0.15) is 17.1 Å². The lowest BCUT2D eigenvalue weighted by Crippen LogP contribution is -2.60. The number of quaternary nitrogens is 1. The van der Waals surface area contributed by atoms with Crippen LogP contribution in [0.5, 0.6) is 5.75 Å². The van der Waals surface area contributed by atoms with Crippen LogP contribution in [0.25, 0.3) is 10.2 Å². The number of aromatic amines is 1. The van der Waals surface area contributed by atoms with Crippen molar-refractivity contribution in [3.05, 3.63) is 63.0 Å². The molecule has 0 spiro atoms. The highest BCUT2D eigenvalue weighted by molar-refractivity contribution is 7.16. The summed E-state index contributed by atoms with van der Waals surface area (Å²) in [5.74, 6) is -0.408. The van der Waals surface area contributed by atoms with E-state index in [9.17, 15) is 19.1 Å². The van der Waals surface area contributed by atoms with Crippen LogP contribution in [0.4, 0.5) is 4.39 Å². The first-order chi connectivity index (χ1) is 17.9. The van der Waals surface area contributed by atoms with Crippen molar-refractivity contribution in [2.75, 3.05) is 32.7 Å². The Morgan fingerprint density at radius 3 is 2.68 bits per heavy atom. The predicted molar refractivity (Wildman–Crippen MR) is 146 cm³/mol. The minimum atomic E-state index is -0.279. The largest absolute Gasteiger partial charge is 0.506 e. The van der Waals surface area contributed by atoms with Crippen molar-refractivity contribution in [3.8, 4) is 5.75 Å². The Hall–Kier alpha value is -2.75. The molecule has 1 amide bonds. The Kier molecular flexibility index (Phi) is 9.34. The summed E-state index contributed by atoms with van der Waals surface area (Å²) in [6, 6.07) is 10.8. The zero-order valence-corrected chi connectivity index (χ0v) is 22.1. The van der Waals surface area contributed by atoms with E-state index in [1.54, 1.807) is 18.2 Å². The number of H-pyrrole nitrogens is 1. The maximum absolute atomic E-state index is 13.8. The number of hydrogen-bond acceptors (Lipinski definition) is 5. The second-order valence-corrected chi connectivity index (χ2v) is 11.2. The number of nitrogens with one attached hydrogen (secondary N) is 2. The van der Waals surface area contributed by atoms with Gasteiger partial charge in [-0.15, -0.1) is 0 Å². The number of carbonyl (C=O) groups is 1. The highest BCUT2D eigenvalue weighted by atomic mass is 32.1. The van der Waals surface area contributed by atoms with Gasteiger partial charge in [-0.25, -0.2) is 4.39 Å². The number of nitrogens with zero attached hydrogens (tertiary/aromatic N) is 1. The molecule has 1 aliphatic carbocycles. The molecular weight excluding hydrogens is 491 g/mol. The number of amides is 1. The van der Waals surface area contributed by atoms with E-state index in [-0.39, 0.29) is 22.3 Å². The minimum absolute atomic E-state index is 0.0902. The number of thiazole rings is 1. The van der Waals surface area contributed by atoms with Crippen molar-refractivity contribution in [2.24, 2.45) is 5.73 Å². The van der Waals surface area contributed by atoms with Crippen LogP contribution in [0.3, 0.4) is 0 Å². The molecule has 1 aromatic heterocycles. The SMILES string of the molecule is NC(=O)CC[N+](CCNCCc1ccc(O)c2[nH]c(=O)sc12)(CCc1cccc(F)c1)C1CCCCC1. The first kappa shape index (κ1) is 27.3. The first-order valence-corrected chi connectivity index (χ1v) is 14.1. The molecular formula is C28H38FN4O3S+. The molecule has 7 nitrogen and oxygen atoms in total. The average molecular weight is 530 g/mol. The third kappa shape index (κ3) is 7.18. The third-order valence-corrected chi connectivity index (χ3v) is 8.79. The van der Waals surface area contributed by atoms with Crippen LogP contribution in [0.2, 0.25) is 0 Å². The molecule has 1 fully saturated rings. The van der Waals surface area contributed by atoms with Crippen molar-refractivity contribution in [2.45, 2.75) is 57.4 Å². The van der Waals surface area contributed by atoms with Crippen molar-refractivity contribution < 1.29 is 18.8 Å². The summed E-state index contributed by atoms with van der Waals surface area (Å²) >= 11 is 1.12. The second-order valence-electron chi connectivity index (χ2n) is 10.2. The molecule has 1 heterocycles. The van der Waals surface area contributed by atoms with E-state index in [2.05, 4.69) is 10.3 Å². The maximum atomic E-state index is 13.8. The summed E-state index contributed by atoms with van der Waals surface area (Å²) in [7, 11) is 0. The number of aromatic nitrogens is 1. The van der Waals surface area contributed by atoms with Gasteiger partial charge in [-0.1, -0.05) is 36.0 Å². The maximum Gasteiger partial charge on any atom is 0.305 e. The van der Waals surface area contributed by atoms with Crippen LogP contribution in [0.1, 0.15) is 49.7 Å². The van der Waals surface area contributed by atoms with Gasteiger partial charge < -0.3 is 25.6 Å². The fraction of sp³-hybridized carbons (Fsp3) is 0.500. The molecule has 1 aliphatic rings. The van der Waals surface area contributed by atoms with E-state index in [0.29, 0.717) is 24.5 Å². The minimum Gasteiger partial charge on any atom is -0.506 e. The fourth-order valence-electron chi connectivity index (χ4n) is 5.81. The normalized spacial score (nSPS) is 16.1. The van der Waals surface area contributed by atoms with Gasteiger partial charge in [0, 0.05) is 13.0 Å². The summed E-state index contributed by atoms with van der Waals surface area (Å²) in [5.41, 5.74) is 8.11. The smallest absolute Gasteiger partial charge is 0.305 e. The molecule has 0 radical (unpaired) electrons. The van der Waals surface area contributed by atoms with E-state index in [4.69, 9.17) is 5.73 Å². The molecule has 200 valence electrons. The van der Waals surface area contributed by atoms with Crippen LogP contribution in [-0.4, -0.2) is 59.2 Å². The number of primary amides is 1. The van der Waals surface area contributed by atoms with E-state index >= 15 is 0 Å². The molecule has 4 rings (SSSR count). The summed E-state index contributed by atoms with van der Waals surface area (Å²) in [4.78, 5) is 26.2. The highest BCUT2D eigenvalue weighted by Crippen LogP contribution is 2.30. The number of benzene rings is 2. The Labute approximate surface area is 221 Å². The molecule has 37 heavy (non-hydrogen) atoms. The van der Waals surface area contributed by atoms with Gasteiger partial charge in [0.25, 0.3) is 0 Å². The quantitative estimate of drug-likeness (QED) is 0.199. The summed E-state index contributed by atoms with van der Waals surface area (Å²) in [5, 5.41) is 13.6. The fourth-order valence-corrected chi connectivity index (χ4v) is 6.71.